The molecule has 0 amide bonds. The van der Waals surface area contributed by atoms with Crippen LogP contribution in [0.15, 0.2) is 35.7 Å². The average molecular weight is 232 g/mol. The molecule has 16 heavy (non-hydrogen) atoms. The van der Waals surface area contributed by atoms with Crippen LogP contribution in [0.2, 0.25) is 0 Å². The van der Waals surface area contributed by atoms with Crippen molar-refractivity contribution in [1.29, 1.82) is 0 Å². The first-order valence-corrected chi connectivity index (χ1v) is 5.83. The molecule has 82 valence electrons. The molecule has 0 bridgehead atoms. The Bertz CT molecular complexity index is 514. The minimum absolute atomic E-state index is 0.0615. The number of carbonyl (C=O) groups is 1. The van der Waals surface area contributed by atoms with Gasteiger partial charge in [-0.25, -0.2) is 0 Å². The Morgan fingerprint density at radius 1 is 1.31 bits per heavy atom. The molecule has 2 nitrogen and oxygen atoms in total. The van der Waals surface area contributed by atoms with Gasteiger partial charge in [0.2, 0.25) is 5.78 Å². The maximum atomic E-state index is 12.2. The molecule has 2 aromatic rings. The van der Waals surface area contributed by atoms with Crippen molar-refractivity contribution in [2.45, 2.75) is 6.92 Å². The molecule has 1 aromatic heterocycles. The van der Waals surface area contributed by atoms with E-state index in [2.05, 4.69) is 0 Å². The lowest BCUT2D eigenvalue weighted by Gasteiger charge is -2.03. The molecule has 0 saturated heterocycles. The first-order valence-electron chi connectivity index (χ1n) is 4.95. The molecule has 0 aliphatic carbocycles. The summed E-state index contributed by atoms with van der Waals surface area (Å²) in [6.07, 6.45) is 0. The molecule has 0 aliphatic heterocycles. The fraction of sp³-hybridized carbons (Fsp3) is 0.154. The molecule has 0 unspecified atom stereocenters. The van der Waals surface area contributed by atoms with Gasteiger partial charge in [-0.2, -0.15) is 0 Å². The molecule has 0 atom stereocenters. The Labute approximate surface area is 98.5 Å². The van der Waals surface area contributed by atoms with E-state index in [-0.39, 0.29) is 5.78 Å². The van der Waals surface area contributed by atoms with Gasteiger partial charge in [-0.05, 0) is 36.1 Å². The lowest BCUT2D eigenvalue weighted by Crippen LogP contribution is -2.00. The zero-order valence-electron chi connectivity index (χ0n) is 9.19. The third-order valence-corrected chi connectivity index (χ3v) is 3.42. The molecule has 0 spiro atoms. The third kappa shape index (κ3) is 1.99. The van der Waals surface area contributed by atoms with Gasteiger partial charge in [0.25, 0.3) is 0 Å². The molecule has 2 rings (SSSR count). The Balaban J connectivity index is 2.38. The normalized spacial score (nSPS) is 10.1. The number of aryl methyl sites for hydroxylation is 1. The number of carbonyl (C=O) groups excluding carboxylic acids is 1. The number of rotatable bonds is 3. The van der Waals surface area contributed by atoms with Gasteiger partial charge in [-0.15, -0.1) is 11.3 Å². The number of thiophene rings is 1. The van der Waals surface area contributed by atoms with E-state index in [0.717, 1.165) is 10.4 Å². The first kappa shape index (κ1) is 10.9. The first-order chi connectivity index (χ1) is 7.72. The van der Waals surface area contributed by atoms with Gasteiger partial charge in [0, 0.05) is 5.56 Å². The molecule has 1 heterocycles. The summed E-state index contributed by atoms with van der Waals surface area (Å²) in [4.78, 5) is 13.0. The minimum atomic E-state index is 0.0615. The molecule has 0 saturated carbocycles. The molecule has 0 aliphatic rings. The zero-order chi connectivity index (χ0) is 11.5. The summed E-state index contributed by atoms with van der Waals surface area (Å²) < 4.78 is 5.10. The van der Waals surface area contributed by atoms with Gasteiger partial charge in [0.05, 0.1) is 12.0 Å². The highest BCUT2D eigenvalue weighted by molar-refractivity contribution is 7.12. The summed E-state index contributed by atoms with van der Waals surface area (Å²) in [6, 6.07) is 9.19. The highest BCUT2D eigenvalue weighted by Crippen LogP contribution is 2.22. The van der Waals surface area contributed by atoms with Gasteiger partial charge in [-0.3, -0.25) is 4.79 Å². The number of methoxy groups -OCH3 is 1. The quantitative estimate of drug-likeness (QED) is 0.759. The maximum absolute atomic E-state index is 12.2. The second-order valence-corrected chi connectivity index (χ2v) is 4.41. The fourth-order valence-corrected chi connectivity index (χ4v) is 2.39. The Morgan fingerprint density at radius 3 is 2.75 bits per heavy atom. The highest BCUT2D eigenvalue weighted by atomic mass is 32.1. The molecule has 1 aromatic carbocycles. The monoisotopic (exact) mass is 232 g/mol. The second kappa shape index (κ2) is 4.49. The summed E-state index contributed by atoms with van der Waals surface area (Å²) in [7, 11) is 1.60. The van der Waals surface area contributed by atoms with Crippen LogP contribution < -0.4 is 4.74 Å². The van der Waals surface area contributed by atoms with Crippen molar-refractivity contribution in [3.63, 3.8) is 0 Å². The zero-order valence-corrected chi connectivity index (χ0v) is 10.0. The van der Waals surface area contributed by atoms with Gasteiger partial charge < -0.3 is 4.74 Å². The van der Waals surface area contributed by atoms with Crippen LogP contribution in [0.3, 0.4) is 0 Å². The van der Waals surface area contributed by atoms with Crippen molar-refractivity contribution in [2.24, 2.45) is 0 Å². The molecule has 0 N–H and O–H groups in total. The fourth-order valence-electron chi connectivity index (χ4n) is 1.50. The van der Waals surface area contributed by atoms with Gasteiger partial charge in [0.15, 0.2) is 0 Å². The van der Waals surface area contributed by atoms with Crippen LogP contribution in [0.4, 0.5) is 0 Å². The smallest absolute Gasteiger partial charge is 0.203 e. The van der Waals surface area contributed by atoms with E-state index in [1.165, 1.54) is 11.3 Å². The van der Waals surface area contributed by atoms with E-state index >= 15 is 0 Å². The van der Waals surface area contributed by atoms with Crippen LogP contribution in [-0.2, 0) is 0 Å². The van der Waals surface area contributed by atoms with E-state index in [9.17, 15) is 4.79 Å². The van der Waals surface area contributed by atoms with E-state index in [1.54, 1.807) is 13.2 Å². The number of ether oxygens (including phenoxy) is 1. The molecular weight excluding hydrogens is 220 g/mol. The summed E-state index contributed by atoms with van der Waals surface area (Å²) in [5, 5.41) is 1.93. The van der Waals surface area contributed by atoms with E-state index in [4.69, 9.17) is 4.74 Å². The summed E-state index contributed by atoms with van der Waals surface area (Å²) >= 11 is 1.48. The van der Waals surface area contributed by atoms with E-state index < -0.39 is 0 Å². The topological polar surface area (TPSA) is 26.3 Å². The van der Waals surface area contributed by atoms with Crippen molar-refractivity contribution < 1.29 is 9.53 Å². The lowest BCUT2D eigenvalue weighted by atomic mass is 10.1. The molecule has 0 fully saturated rings. The van der Waals surface area contributed by atoms with E-state index in [0.29, 0.717) is 11.3 Å². The predicted molar refractivity (Wildman–Crippen MR) is 65.5 cm³/mol. The Kier molecular flexibility index (Phi) is 3.06. The van der Waals surface area contributed by atoms with Crippen LogP contribution in [-0.4, -0.2) is 12.9 Å². The van der Waals surface area contributed by atoms with Crippen molar-refractivity contribution in [3.05, 3.63) is 51.7 Å². The number of hydrogen-bond donors (Lipinski definition) is 0. The lowest BCUT2D eigenvalue weighted by molar-refractivity contribution is 0.104. The van der Waals surface area contributed by atoms with Crippen LogP contribution in [0.5, 0.6) is 5.75 Å². The number of hydrogen-bond acceptors (Lipinski definition) is 3. The SMILES string of the molecule is COc1cccc(C(=O)c2sccc2C)c1. The molecule has 3 heteroatoms. The van der Waals surface area contributed by atoms with Crippen molar-refractivity contribution >= 4 is 17.1 Å². The van der Waals surface area contributed by atoms with Crippen LogP contribution in [0.1, 0.15) is 20.8 Å². The minimum Gasteiger partial charge on any atom is -0.497 e. The Hall–Kier alpha value is -1.61. The van der Waals surface area contributed by atoms with Crippen LogP contribution in [0, 0.1) is 6.92 Å². The number of benzene rings is 1. The summed E-state index contributed by atoms with van der Waals surface area (Å²) in [5.74, 6) is 0.770. The third-order valence-electron chi connectivity index (χ3n) is 2.40. The standard InChI is InChI=1S/C13H12O2S/c1-9-6-7-16-13(9)12(14)10-4-3-5-11(8-10)15-2/h3-8H,1-2H3. The van der Waals surface area contributed by atoms with Gasteiger partial charge in [-0.1, -0.05) is 12.1 Å². The van der Waals surface area contributed by atoms with Crippen LogP contribution in [0.25, 0.3) is 0 Å². The van der Waals surface area contributed by atoms with Crippen molar-refractivity contribution in [3.8, 4) is 5.75 Å². The van der Waals surface area contributed by atoms with Crippen molar-refractivity contribution in [1.82, 2.24) is 0 Å². The summed E-state index contributed by atoms with van der Waals surface area (Å²) in [5.41, 5.74) is 1.70. The van der Waals surface area contributed by atoms with E-state index in [1.807, 2.05) is 36.6 Å². The second-order valence-electron chi connectivity index (χ2n) is 3.49. The van der Waals surface area contributed by atoms with Crippen molar-refractivity contribution in [2.75, 3.05) is 7.11 Å². The van der Waals surface area contributed by atoms with Gasteiger partial charge in [0.1, 0.15) is 5.75 Å². The maximum Gasteiger partial charge on any atom is 0.203 e. The number of ketones is 1. The predicted octanol–water partition coefficient (Wildman–Crippen LogP) is 3.30. The largest absolute Gasteiger partial charge is 0.497 e. The Morgan fingerprint density at radius 2 is 2.12 bits per heavy atom. The summed E-state index contributed by atoms with van der Waals surface area (Å²) in [6.45, 7) is 1.95. The van der Waals surface area contributed by atoms with Crippen LogP contribution >= 0.6 is 11.3 Å². The van der Waals surface area contributed by atoms with Gasteiger partial charge >= 0.3 is 0 Å². The highest BCUT2D eigenvalue weighted by Gasteiger charge is 2.13. The molecular formula is C13H12O2S. The average Bonchev–Trinajstić information content (AvgIpc) is 2.74. The molecule has 0 radical (unpaired) electrons.